The van der Waals surface area contributed by atoms with Gasteiger partial charge in [-0.1, -0.05) is 0 Å². The van der Waals surface area contributed by atoms with E-state index in [0.29, 0.717) is 11.5 Å². The summed E-state index contributed by atoms with van der Waals surface area (Å²) in [6, 6.07) is 4.49. The fourth-order valence-electron chi connectivity index (χ4n) is 3.23. The van der Waals surface area contributed by atoms with E-state index in [0.717, 1.165) is 36.1 Å². The SMILES string of the molecule is Cc1cc(C)c(C#N)c(N2C[C@@H](N)[C@H](C3CC3)C2)n1. The van der Waals surface area contributed by atoms with E-state index in [1.165, 1.54) is 12.8 Å². The van der Waals surface area contributed by atoms with Crippen molar-refractivity contribution >= 4 is 5.82 Å². The van der Waals surface area contributed by atoms with E-state index in [1.54, 1.807) is 0 Å². The van der Waals surface area contributed by atoms with Gasteiger partial charge < -0.3 is 10.6 Å². The Kier molecular flexibility index (Phi) is 2.94. The standard InChI is InChI=1S/C15H20N4/c1-9-5-10(2)18-15(12(9)6-16)19-7-13(11-3-4-11)14(17)8-19/h5,11,13-14H,3-4,7-8,17H2,1-2H3/t13-,14+/m0/s1. The Balaban J connectivity index is 1.92. The summed E-state index contributed by atoms with van der Waals surface area (Å²) < 4.78 is 0. The first-order valence-corrected chi connectivity index (χ1v) is 6.99. The van der Waals surface area contributed by atoms with Crippen LogP contribution in [0.25, 0.3) is 0 Å². The third-order valence-electron chi connectivity index (χ3n) is 4.38. The molecule has 1 saturated heterocycles. The number of hydrogen-bond donors (Lipinski definition) is 1. The highest BCUT2D eigenvalue weighted by atomic mass is 15.2. The third kappa shape index (κ3) is 2.19. The molecule has 2 fully saturated rings. The number of nitrogens with zero attached hydrogens (tertiary/aromatic N) is 3. The maximum atomic E-state index is 9.36. The van der Waals surface area contributed by atoms with Crippen LogP contribution >= 0.6 is 0 Å². The van der Waals surface area contributed by atoms with Crippen molar-refractivity contribution in [2.45, 2.75) is 32.7 Å². The smallest absolute Gasteiger partial charge is 0.147 e. The highest BCUT2D eigenvalue weighted by molar-refractivity contribution is 5.59. The van der Waals surface area contributed by atoms with Crippen molar-refractivity contribution in [3.05, 3.63) is 22.9 Å². The summed E-state index contributed by atoms with van der Waals surface area (Å²) in [5.41, 5.74) is 8.94. The molecule has 1 aliphatic carbocycles. The highest BCUT2D eigenvalue weighted by Crippen LogP contribution is 2.42. The van der Waals surface area contributed by atoms with Gasteiger partial charge in [0.2, 0.25) is 0 Å². The summed E-state index contributed by atoms with van der Waals surface area (Å²) in [5.74, 6) is 2.21. The maximum Gasteiger partial charge on any atom is 0.147 e. The van der Waals surface area contributed by atoms with Gasteiger partial charge in [-0.05, 0) is 50.2 Å². The number of aryl methyl sites for hydroxylation is 2. The monoisotopic (exact) mass is 256 g/mol. The minimum atomic E-state index is 0.224. The molecule has 1 aromatic heterocycles. The fourth-order valence-corrected chi connectivity index (χ4v) is 3.23. The number of pyridine rings is 1. The van der Waals surface area contributed by atoms with E-state index in [-0.39, 0.29) is 6.04 Å². The second-order valence-corrected chi connectivity index (χ2v) is 5.96. The lowest BCUT2D eigenvalue weighted by molar-refractivity contribution is 0.456. The molecule has 0 spiro atoms. The molecule has 4 nitrogen and oxygen atoms in total. The van der Waals surface area contributed by atoms with E-state index in [2.05, 4.69) is 16.0 Å². The van der Waals surface area contributed by atoms with Crippen LogP contribution in [0.15, 0.2) is 6.07 Å². The summed E-state index contributed by atoms with van der Waals surface area (Å²) in [5, 5.41) is 9.36. The summed E-state index contributed by atoms with van der Waals surface area (Å²) in [7, 11) is 0. The van der Waals surface area contributed by atoms with Gasteiger partial charge in [0.15, 0.2) is 0 Å². The minimum Gasteiger partial charge on any atom is -0.354 e. The van der Waals surface area contributed by atoms with Crippen LogP contribution in [-0.2, 0) is 0 Å². The van der Waals surface area contributed by atoms with Crippen molar-refractivity contribution in [1.82, 2.24) is 4.98 Å². The summed E-state index contributed by atoms with van der Waals surface area (Å²) in [6.07, 6.45) is 2.63. The van der Waals surface area contributed by atoms with Crippen molar-refractivity contribution in [2.75, 3.05) is 18.0 Å². The van der Waals surface area contributed by atoms with Crippen molar-refractivity contribution in [3.8, 4) is 6.07 Å². The maximum absolute atomic E-state index is 9.36. The van der Waals surface area contributed by atoms with Crippen LogP contribution in [0, 0.1) is 37.0 Å². The van der Waals surface area contributed by atoms with Crippen LogP contribution in [0.5, 0.6) is 0 Å². The summed E-state index contributed by atoms with van der Waals surface area (Å²) >= 11 is 0. The van der Waals surface area contributed by atoms with Gasteiger partial charge in [-0.25, -0.2) is 4.98 Å². The molecule has 0 radical (unpaired) electrons. The lowest BCUT2D eigenvalue weighted by Gasteiger charge is -2.20. The molecule has 0 bridgehead atoms. The molecule has 2 atom stereocenters. The molecule has 1 saturated carbocycles. The van der Waals surface area contributed by atoms with Crippen molar-refractivity contribution in [3.63, 3.8) is 0 Å². The molecule has 2 heterocycles. The Hall–Kier alpha value is -1.60. The van der Waals surface area contributed by atoms with Gasteiger partial charge in [-0.2, -0.15) is 5.26 Å². The lowest BCUT2D eigenvalue weighted by atomic mass is 9.99. The van der Waals surface area contributed by atoms with Gasteiger partial charge in [0.1, 0.15) is 11.9 Å². The minimum absolute atomic E-state index is 0.224. The molecule has 2 N–H and O–H groups in total. The molecule has 100 valence electrons. The summed E-state index contributed by atoms with van der Waals surface area (Å²) in [6.45, 7) is 5.74. The van der Waals surface area contributed by atoms with E-state index >= 15 is 0 Å². The molecular formula is C15H20N4. The number of anilines is 1. The average Bonchev–Trinajstić information content (AvgIpc) is 3.12. The number of nitrogens with two attached hydrogens (primary N) is 1. The van der Waals surface area contributed by atoms with E-state index in [4.69, 9.17) is 5.73 Å². The Bertz CT molecular complexity index is 542. The van der Waals surface area contributed by atoms with E-state index < -0.39 is 0 Å². The summed E-state index contributed by atoms with van der Waals surface area (Å²) in [4.78, 5) is 6.80. The van der Waals surface area contributed by atoms with Gasteiger partial charge in [0, 0.05) is 24.8 Å². The van der Waals surface area contributed by atoms with E-state index in [9.17, 15) is 5.26 Å². The van der Waals surface area contributed by atoms with Gasteiger partial charge in [0.05, 0.1) is 5.56 Å². The second kappa shape index (κ2) is 4.50. The molecule has 3 rings (SSSR count). The molecule has 2 aliphatic rings. The molecule has 0 amide bonds. The fraction of sp³-hybridized carbons (Fsp3) is 0.600. The molecule has 1 aliphatic heterocycles. The molecule has 0 aromatic carbocycles. The Labute approximate surface area is 114 Å². The van der Waals surface area contributed by atoms with Gasteiger partial charge in [-0.15, -0.1) is 0 Å². The predicted octanol–water partition coefficient (Wildman–Crippen LogP) is 1.74. The molecule has 4 heteroatoms. The quantitative estimate of drug-likeness (QED) is 0.875. The topological polar surface area (TPSA) is 65.9 Å². The largest absolute Gasteiger partial charge is 0.354 e. The first-order chi connectivity index (χ1) is 9.10. The van der Waals surface area contributed by atoms with Crippen LogP contribution in [0.4, 0.5) is 5.82 Å². The third-order valence-corrected chi connectivity index (χ3v) is 4.38. The van der Waals surface area contributed by atoms with Crippen molar-refractivity contribution in [1.29, 1.82) is 5.26 Å². The number of aromatic nitrogens is 1. The molecule has 1 aromatic rings. The van der Waals surface area contributed by atoms with Crippen LogP contribution < -0.4 is 10.6 Å². The normalized spacial score (nSPS) is 26.5. The average molecular weight is 256 g/mol. The first kappa shape index (κ1) is 12.4. The molecular weight excluding hydrogens is 236 g/mol. The highest BCUT2D eigenvalue weighted by Gasteiger charge is 2.41. The van der Waals surface area contributed by atoms with Gasteiger partial charge in [0.25, 0.3) is 0 Å². The van der Waals surface area contributed by atoms with Crippen molar-refractivity contribution in [2.24, 2.45) is 17.6 Å². The lowest BCUT2D eigenvalue weighted by Crippen LogP contribution is -2.30. The van der Waals surface area contributed by atoms with Gasteiger partial charge >= 0.3 is 0 Å². The van der Waals surface area contributed by atoms with Crippen molar-refractivity contribution < 1.29 is 0 Å². The van der Waals surface area contributed by atoms with Crippen LogP contribution in [-0.4, -0.2) is 24.1 Å². The molecule has 19 heavy (non-hydrogen) atoms. The zero-order valence-electron chi connectivity index (χ0n) is 11.6. The zero-order valence-corrected chi connectivity index (χ0v) is 11.6. The Morgan fingerprint density at radius 3 is 2.74 bits per heavy atom. The van der Waals surface area contributed by atoms with Crippen LogP contribution in [0.3, 0.4) is 0 Å². The van der Waals surface area contributed by atoms with Gasteiger partial charge in [-0.3, -0.25) is 0 Å². The second-order valence-electron chi connectivity index (χ2n) is 5.96. The zero-order chi connectivity index (χ0) is 13.6. The first-order valence-electron chi connectivity index (χ1n) is 6.99. The van der Waals surface area contributed by atoms with Crippen LogP contribution in [0.2, 0.25) is 0 Å². The van der Waals surface area contributed by atoms with Crippen LogP contribution in [0.1, 0.15) is 29.7 Å². The number of hydrogen-bond acceptors (Lipinski definition) is 4. The molecule has 0 unspecified atom stereocenters. The Morgan fingerprint density at radius 1 is 1.37 bits per heavy atom. The predicted molar refractivity (Wildman–Crippen MR) is 74.8 cm³/mol. The van der Waals surface area contributed by atoms with E-state index in [1.807, 2.05) is 19.9 Å². The number of nitriles is 1. The number of rotatable bonds is 2. The Morgan fingerprint density at radius 2 is 2.11 bits per heavy atom.